The van der Waals surface area contributed by atoms with E-state index >= 15 is 0 Å². The van der Waals surface area contributed by atoms with Gasteiger partial charge in [0.1, 0.15) is 11.1 Å². The second-order valence-corrected chi connectivity index (χ2v) is 7.35. The van der Waals surface area contributed by atoms with Crippen LogP contribution in [0.2, 0.25) is 0 Å². The molecule has 0 saturated heterocycles. The first-order chi connectivity index (χ1) is 16.4. The van der Waals surface area contributed by atoms with Gasteiger partial charge in [-0.25, -0.2) is 13.8 Å². The Morgan fingerprint density at radius 1 is 0.912 bits per heavy atom. The second-order valence-electron chi connectivity index (χ2n) is 7.35. The molecule has 1 aromatic heterocycles. The zero-order valence-corrected chi connectivity index (χ0v) is 17.5. The summed E-state index contributed by atoms with van der Waals surface area (Å²) in [5, 5.41) is 4.16. The average molecular weight is 466 g/mol. The van der Waals surface area contributed by atoms with Crippen molar-refractivity contribution >= 4 is 33.5 Å². The van der Waals surface area contributed by atoms with Gasteiger partial charge in [-0.3, -0.25) is 4.79 Å². The van der Waals surface area contributed by atoms with Crippen molar-refractivity contribution in [3.63, 3.8) is 0 Å². The number of anilines is 1. The van der Waals surface area contributed by atoms with E-state index in [0.717, 1.165) is 23.4 Å². The van der Waals surface area contributed by atoms with E-state index in [4.69, 9.17) is 4.42 Å². The first-order valence-electron chi connectivity index (χ1n) is 9.99. The van der Waals surface area contributed by atoms with E-state index in [0.29, 0.717) is 17.0 Å². The van der Waals surface area contributed by atoms with Crippen LogP contribution >= 0.6 is 0 Å². The molecule has 5 nitrogen and oxygen atoms in total. The summed E-state index contributed by atoms with van der Waals surface area (Å²) in [5.74, 6) is -9.64. The summed E-state index contributed by atoms with van der Waals surface area (Å²) in [5.41, 5.74) is 0.194. The van der Waals surface area contributed by atoms with E-state index < -0.39 is 40.5 Å². The third-order valence-corrected chi connectivity index (χ3v) is 5.32. The number of carbonyl (C=O) groups excluding carboxylic acids is 1. The third kappa shape index (κ3) is 3.42. The summed E-state index contributed by atoms with van der Waals surface area (Å²) in [7, 11) is 0.847. The van der Waals surface area contributed by atoms with E-state index in [1.807, 2.05) is 42.5 Å². The molecule has 1 amide bonds. The molecule has 5 aromatic rings. The van der Waals surface area contributed by atoms with Crippen molar-refractivity contribution in [3.8, 4) is 17.2 Å². The topological polar surface area (TPSA) is 64.4 Å². The number of fused-ring (bicyclic) bond motifs is 2. The molecule has 0 spiro atoms. The third-order valence-electron chi connectivity index (χ3n) is 5.32. The first kappa shape index (κ1) is 21.4. The maximum atomic E-state index is 14.3. The number of nitrogens with one attached hydrogen (secondary N) is 1. The number of hydrogen-bond acceptors (Lipinski definition) is 4. The minimum atomic E-state index is -1.87. The Bertz CT molecular complexity index is 1560. The predicted octanol–water partition coefficient (Wildman–Crippen LogP) is 6.47. The summed E-state index contributed by atoms with van der Waals surface area (Å²) in [4.78, 5) is 16.9. The van der Waals surface area contributed by atoms with Crippen LogP contribution in [0, 0.1) is 23.3 Å². The van der Waals surface area contributed by atoms with Gasteiger partial charge >= 0.3 is 0 Å². The van der Waals surface area contributed by atoms with E-state index in [2.05, 4.69) is 15.0 Å². The monoisotopic (exact) mass is 466 g/mol. The quantitative estimate of drug-likeness (QED) is 0.244. The summed E-state index contributed by atoms with van der Waals surface area (Å²) < 4.78 is 66.7. The van der Waals surface area contributed by atoms with Crippen LogP contribution in [0.25, 0.3) is 33.3 Å². The lowest BCUT2D eigenvalue weighted by molar-refractivity contribution is 0.101. The van der Waals surface area contributed by atoms with Gasteiger partial charge in [-0.2, -0.15) is 8.78 Å². The lowest BCUT2D eigenvalue weighted by atomic mass is 10.0. The molecule has 1 N–H and O–H groups in total. The van der Waals surface area contributed by atoms with Gasteiger partial charge in [0.2, 0.25) is 17.5 Å². The Labute approximate surface area is 189 Å². The lowest BCUT2D eigenvalue weighted by Crippen LogP contribution is -2.18. The van der Waals surface area contributed by atoms with Crippen molar-refractivity contribution in [2.45, 2.75) is 0 Å². The fraction of sp³-hybridized carbons (Fsp3) is 0.0400. The van der Waals surface area contributed by atoms with E-state index in [1.165, 1.54) is 18.2 Å². The number of hydrogen-bond donors (Lipinski definition) is 1. The fourth-order valence-electron chi connectivity index (χ4n) is 3.72. The van der Waals surface area contributed by atoms with Crippen molar-refractivity contribution in [1.29, 1.82) is 0 Å². The van der Waals surface area contributed by atoms with Gasteiger partial charge in [-0.05, 0) is 35.0 Å². The lowest BCUT2D eigenvalue weighted by Gasteiger charge is -2.11. The van der Waals surface area contributed by atoms with Gasteiger partial charge in [0.15, 0.2) is 23.0 Å². The molecule has 0 atom stereocenters. The molecule has 9 heteroatoms. The highest BCUT2D eigenvalue weighted by Gasteiger charge is 2.30. The maximum Gasteiger partial charge on any atom is 0.261 e. The number of nitrogens with zero attached hydrogens (tertiary/aromatic N) is 1. The van der Waals surface area contributed by atoms with Crippen LogP contribution in [-0.4, -0.2) is 18.0 Å². The van der Waals surface area contributed by atoms with Crippen LogP contribution < -0.4 is 10.1 Å². The SMILES string of the molecule is COc1c(F)c(F)c(C(=O)Nc2ccc3oc(-c4cccc5ccccc45)nc3c2)c(F)c1F. The molecule has 1 heterocycles. The Morgan fingerprint density at radius 2 is 1.62 bits per heavy atom. The molecule has 34 heavy (non-hydrogen) atoms. The van der Waals surface area contributed by atoms with Crippen molar-refractivity contribution in [1.82, 2.24) is 4.98 Å². The molecule has 5 rings (SSSR count). The number of benzene rings is 4. The largest absolute Gasteiger partial charge is 0.491 e. The van der Waals surface area contributed by atoms with Crippen LogP contribution in [0.15, 0.2) is 65.1 Å². The summed E-state index contributed by atoms with van der Waals surface area (Å²) in [6.45, 7) is 0. The minimum Gasteiger partial charge on any atom is -0.491 e. The van der Waals surface area contributed by atoms with E-state index in [1.54, 1.807) is 0 Å². The number of halogens is 4. The molecule has 0 aliphatic rings. The Kier molecular flexibility index (Phi) is 5.16. The molecule has 170 valence electrons. The molecule has 4 aromatic carbocycles. The molecule has 0 fully saturated rings. The zero-order valence-electron chi connectivity index (χ0n) is 17.5. The molecule has 0 bridgehead atoms. The van der Waals surface area contributed by atoms with Crippen molar-refractivity contribution in [3.05, 3.63) is 89.5 Å². The molecule has 0 aliphatic carbocycles. The van der Waals surface area contributed by atoms with Gasteiger partial charge in [0.05, 0.1) is 7.11 Å². The standard InChI is InChI=1S/C25H14F4N2O3/c1-33-23-21(28)19(26)18(20(27)22(23)29)24(32)30-13-9-10-17-16(11-13)31-25(34-17)15-8-4-6-12-5-2-3-7-14(12)15/h2-11H,1H3,(H,30,32). The molecular formula is C25H14F4N2O3. The van der Waals surface area contributed by atoms with Gasteiger partial charge in [-0.15, -0.1) is 0 Å². The Hall–Kier alpha value is -4.40. The number of ether oxygens (including phenoxy) is 1. The van der Waals surface area contributed by atoms with Gasteiger partial charge in [-0.1, -0.05) is 36.4 Å². The van der Waals surface area contributed by atoms with Crippen molar-refractivity contribution in [2.24, 2.45) is 0 Å². The number of carbonyl (C=O) groups is 1. The van der Waals surface area contributed by atoms with Crippen LogP contribution in [-0.2, 0) is 0 Å². The molecular weight excluding hydrogens is 452 g/mol. The average Bonchev–Trinajstić information content (AvgIpc) is 3.26. The molecule has 0 aliphatic heterocycles. The number of rotatable bonds is 4. The smallest absolute Gasteiger partial charge is 0.261 e. The zero-order chi connectivity index (χ0) is 24.0. The number of aromatic nitrogens is 1. The predicted molar refractivity (Wildman–Crippen MR) is 118 cm³/mol. The highest BCUT2D eigenvalue weighted by molar-refractivity contribution is 6.05. The van der Waals surface area contributed by atoms with E-state index in [-0.39, 0.29) is 5.69 Å². The van der Waals surface area contributed by atoms with Crippen LogP contribution in [0.3, 0.4) is 0 Å². The van der Waals surface area contributed by atoms with Crippen LogP contribution in [0.5, 0.6) is 5.75 Å². The summed E-state index contributed by atoms with van der Waals surface area (Å²) in [6, 6.07) is 17.7. The number of oxazole rings is 1. The number of amides is 1. The normalized spacial score (nSPS) is 11.2. The summed E-state index contributed by atoms with van der Waals surface area (Å²) in [6.07, 6.45) is 0. The second kappa shape index (κ2) is 8.18. The molecule has 0 saturated carbocycles. The first-order valence-corrected chi connectivity index (χ1v) is 9.99. The van der Waals surface area contributed by atoms with Crippen LogP contribution in [0.1, 0.15) is 10.4 Å². The van der Waals surface area contributed by atoms with Gasteiger partial charge < -0.3 is 14.5 Å². The summed E-state index contributed by atoms with van der Waals surface area (Å²) >= 11 is 0. The number of methoxy groups -OCH3 is 1. The fourth-order valence-corrected chi connectivity index (χ4v) is 3.72. The molecule has 0 radical (unpaired) electrons. The van der Waals surface area contributed by atoms with Gasteiger partial charge in [0, 0.05) is 11.3 Å². The minimum absolute atomic E-state index is 0.0886. The highest BCUT2D eigenvalue weighted by Crippen LogP contribution is 2.33. The highest BCUT2D eigenvalue weighted by atomic mass is 19.2. The van der Waals surface area contributed by atoms with Crippen molar-refractivity contribution in [2.75, 3.05) is 12.4 Å². The van der Waals surface area contributed by atoms with Gasteiger partial charge in [0.25, 0.3) is 5.91 Å². The maximum absolute atomic E-state index is 14.3. The Morgan fingerprint density at radius 3 is 2.35 bits per heavy atom. The Balaban J connectivity index is 1.50. The van der Waals surface area contributed by atoms with E-state index in [9.17, 15) is 22.4 Å². The van der Waals surface area contributed by atoms with Crippen molar-refractivity contribution < 1.29 is 31.5 Å². The molecule has 0 unspecified atom stereocenters. The van der Waals surface area contributed by atoms with Crippen LogP contribution in [0.4, 0.5) is 23.2 Å².